The first-order valence-electron chi connectivity index (χ1n) is 6.17. The summed E-state index contributed by atoms with van der Waals surface area (Å²) in [6, 6.07) is 8.97. The van der Waals surface area contributed by atoms with Gasteiger partial charge in [-0.15, -0.1) is 0 Å². The lowest BCUT2D eigenvalue weighted by Crippen LogP contribution is -2.13. The summed E-state index contributed by atoms with van der Waals surface area (Å²) in [6.07, 6.45) is 0. The minimum absolute atomic E-state index is 0.241. The summed E-state index contributed by atoms with van der Waals surface area (Å²) in [5, 5.41) is 3.10. The Labute approximate surface area is 126 Å². The maximum absolute atomic E-state index is 13.2. The fraction of sp³-hybridized carbons (Fsp3) is 0.133. The largest absolute Gasteiger partial charge is 0.497 e. The molecule has 2 aromatic rings. The van der Waals surface area contributed by atoms with E-state index >= 15 is 0 Å². The molecule has 0 heterocycles. The van der Waals surface area contributed by atoms with Crippen molar-refractivity contribution in [2.45, 2.75) is 6.54 Å². The molecular weight excluding hydrogens is 294 g/mol. The van der Waals surface area contributed by atoms with Gasteiger partial charge in [-0.05, 0) is 29.8 Å². The van der Waals surface area contributed by atoms with Crippen molar-refractivity contribution in [3.05, 3.63) is 59.2 Å². The molecule has 21 heavy (non-hydrogen) atoms. The van der Waals surface area contributed by atoms with Gasteiger partial charge in [-0.2, -0.15) is 0 Å². The van der Waals surface area contributed by atoms with Crippen molar-refractivity contribution in [2.75, 3.05) is 12.4 Å². The standard InChI is InChI=1S/C15H14F2N2OS/c1-20-10-3-4-11(15(18)21)14(7-10)19-8-9-2-5-12(16)13(17)6-9/h2-7,19H,8H2,1H3,(H2,18,21). The molecule has 2 aromatic carbocycles. The van der Waals surface area contributed by atoms with Crippen LogP contribution in [0.2, 0.25) is 0 Å². The predicted octanol–water partition coefficient (Wildman–Crippen LogP) is 3.22. The zero-order chi connectivity index (χ0) is 15.4. The predicted molar refractivity (Wildman–Crippen MR) is 82.6 cm³/mol. The molecule has 3 nitrogen and oxygen atoms in total. The van der Waals surface area contributed by atoms with Crippen LogP contribution >= 0.6 is 12.2 Å². The molecule has 0 aliphatic rings. The minimum Gasteiger partial charge on any atom is -0.497 e. The molecule has 0 amide bonds. The minimum atomic E-state index is -0.880. The molecule has 0 unspecified atom stereocenters. The summed E-state index contributed by atoms with van der Waals surface area (Å²) in [6.45, 7) is 0.306. The molecule has 2 rings (SSSR count). The highest BCUT2D eigenvalue weighted by Gasteiger charge is 2.08. The highest BCUT2D eigenvalue weighted by molar-refractivity contribution is 7.80. The summed E-state index contributed by atoms with van der Waals surface area (Å²) in [5.74, 6) is -1.11. The molecule has 0 aromatic heterocycles. The van der Waals surface area contributed by atoms with Crippen LogP contribution in [0.5, 0.6) is 5.75 Å². The maximum Gasteiger partial charge on any atom is 0.159 e. The lowest BCUT2D eigenvalue weighted by Gasteiger charge is -2.13. The second kappa shape index (κ2) is 6.49. The zero-order valence-electron chi connectivity index (χ0n) is 11.3. The molecule has 3 N–H and O–H groups in total. The van der Waals surface area contributed by atoms with Gasteiger partial charge in [0.1, 0.15) is 10.7 Å². The van der Waals surface area contributed by atoms with Crippen molar-refractivity contribution in [2.24, 2.45) is 5.73 Å². The first-order valence-corrected chi connectivity index (χ1v) is 6.57. The average molecular weight is 308 g/mol. The molecular formula is C15H14F2N2OS. The van der Waals surface area contributed by atoms with Gasteiger partial charge in [0.25, 0.3) is 0 Å². The van der Waals surface area contributed by atoms with Crippen molar-refractivity contribution < 1.29 is 13.5 Å². The molecule has 0 spiro atoms. The van der Waals surface area contributed by atoms with Gasteiger partial charge in [0.2, 0.25) is 0 Å². The first-order chi connectivity index (χ1) is 10.0. The Morgan fingerprint density at radius 2 is 1.95 bits per heavy atom. The Balaban J connectivity index is 2.21. The summed E-state index contributed by atoms with van der Waals surface area (Å²) >= 11 is 4.99. The van der Waals surface area contributed by atoms with E-state index in [0.717, 1.165) is 12.1 Å². The molecule has 0 bridgehead atoms. The Kier molecular flexibility index (Phi) is 4.70. The van der Waals surface area contributed by atoms with Crippen molar-refractivity contribution >= 4 is 22.9 Å². The molecule has 0 saturated carbocycles. The van der Waals surface area contributed by atoms with Crippen LogP contribution < -0.4 is 15.8 Å². The van der Waals surface area contributed by atoms with Crippen molar-refractivity contribution in [1.29, 1.82) is 0 Å². The van der Waals surface area contributed by atoms with Crippen molar-refractivity contribution in [3.63, 3.8) is 0 Å². The van der Waals surface area contributed by atoms with E-state index in [9.17, 15) is 8.78 Å². The maximum atomic E-state index is 13.2. The lowest BCUT2D eigenvalue weighted by atomic mass is 10.1. The van der Waals surface area contributed by atoms with E-state index in [-0.39, 0.29) is 4.99 Å². The van der Waals surface area contributed by atoms with Crippen molar-refractivity contribution in [1.82, 2.24) is 0 Å². The van der Waals surface area contributed by atoms with Crippen LogP contribution in [0.1, 0.15) is 11.1 Å². The molecule has 0 radical (unpaired) electrons. The molecule has 0 atom stereocenters. The zero-order valence-corrected chi connectivity index (χ0v) is 12.1. The normalized spacial score (nSPS) is 10.2. The van der Waals surface area contributed by atoms with Gasteiger partial charge in [0.05, 0.1) is 7.11 Å². The van der Waals surface area contributed by atoms with Gasteiger partial charge in [-0.1, -0.05) is 18.3 Å². The number of anilines is 1. The van der Waals surface area contributed by atoms with E-state index in [1.54, 1.807) is 25.3 Å². The lowest BCUT2D eigenvalue weighted by molar-refractivity contribution is 0.415. The van der Waals surface area contributed by atoms with Gasteiger partial charge < -0.3 is 15.8 Å². The van der Waals surface area contributed by atoms with E-state index in [4.69, 9.17) is 22.7 Å². The van der Waals surface area contributed by atoms with Crippen molar-refractivity contribution in [3.8, 4) is 5.75 Å². The van der Waals surface area contributed by atoms with Crippen LogP contribution in [0.4, 0.5) is 14.5 Å². The van der Waals surface area contributed by atoms with Gasteiger partial charge >= 0.3 is 0 Å². The number of methoxy groups -OCH3 is 1. The number of ether oxygens (including phenoxy) is 1. The Bertz CT molecular complexity index is 677. The van der Waals surface area contributed by atoms with E-state index in [2.05, 4.69) is 5.32 Å². The van der Waals surface area contributed by atoms with E-state index < -0.39 is 11.6 Å². The number of thiocarbonyl (C=S) groups is 1. The molecule has 0 fully saturated rings. The number of benzene rings is 2. The fourth-order valence-corrected chi connectivity index (χ4v) is 2.04. The number of hydrogen-bond acceptors (Lipinski definition) is 3. The Morgan fingerprint density at radius 3 is 2.57 bits per heavy atom. The third-order valence-electron chi connectivity index (χ3n) is 2.96. The number of nitrogens with one attached hydrogen (secondary N) is 1. The van der Waals surface area contributed by atoms with E-state index in [1.807, 2.05) is 0 Å². The molecule has 110 valence electrons. The second-order valence-electron chi connectivity index (χ2n) is 4.38. The number of hydrogen-bond donors (Lipinski definition) is 2. The third kappa shape index (κ3) is 3.66. The molecule has 0 aliphatic carbocycles. The molecule has 0 aliphatic heterocycles. The fourth-order valence-electron chi connectivity index (χ4n) is 1.86. The quantitative estimate of drug-likeness (QED) is 0.833. The van der Waals surface area contributed by atoms with Gasteiger partial charge in [-0.3, -0.25) is 0 Å². The van der Waals surface area contributed by atoms with E-state index in [1.165, 1.54) is 6.07 Å². The second-order valence-corrected chi connectivity index (χ2v) is 4.82. The van der Waals surface area contributed by atoms with Crippen LogP contribution in [0.15, 0.2) is 36.4 Å². The Hall–Kier alpha value is -2.21. The number of rotatable bonds is 5. The van der Waals surface area contributed by atoms with E-state index in [0.29, 0.717) is 29.1 Å². The van der Waals surface area contributed by atoms with Crippen LogP contribution in [0.3, 0.4) is 0 Å². The van der Waals surface area contributed by atoms with Crippen LogP contribution in [0.25, 0.3) is 0 Å². The topological polar surface area (TPSA) is 47.3 Å². The summed E-state index contributed by atoms with van der Waals surface area (Å²) in [4.78, 5) is 0.241. The monoisotopic (exact) mass is 308 g/mol. The van der Waals surface area contributed by atoms with Crippen LogP contribution in [-0.2, 0) is 6.54 Å². The number of nitrogens with two attached hydrogens (primary N) is 1. The SMILES string of the molecule is COc1ccc(C(N)=S)c(NCc2ccc(F)c(F)c2)c1. The molecule has 0 saturated heterocycles. The summed E-state index contributed by atoms with van der Waals surface area (Å²) in [7, 11) is 1.55. The highest BCUT2D eigenvalue weighted by atomic mass is 32.1. The average Bonchev–Trinajstić information content (AvgIpc) is 2.48. The van der Waals surface area contributed by atoms with Crippen LogP contribution in [0, 0.1) is 11.6 Å². The van der Waals surface area contributed by atoms with Gasteiger partial charge in [-0.25, -0.2) is 8.78 Å². The summed E-state index contributed by atoms with van der Waals surface area (Å²) in [5.41, 5.74) is 7.60. The van der Waals surface area contributed by atoms with Gasteiger partial charge in [0.15, 0.2) is 11.6 Å². The third-order valence-corrected chi connectivity index (χ3v) is 3.18. The Morgan fingerprint density at radius 1 is 1.19 bits per heavy atom. The van der Waals surface area contributed by atoms with Gasteiger partial charge in [0, 0.05) is 23.9 Å². The van der Waals surface area contributed by atoms with Crippen LogP contribution in [-0.4, -0.2) is 12.1 Å². The molecule has 6 heteroatoms. The number of halogens is 2. The highest BCUT2D eigenvalue weighted by Crippen LogP contribution is 2.23. The smallest absolute Gasteiger partial charge is 0.159 e. The first kappa shape index (κ1) is 15.2. The summed E-state index contributed by atoms with van der Waals surface area (Å²) < 4.78 is 31.2.